The van der Waals surface area contributed by atoms with Gasteiger partial charge in [0.2, 0.25) is 0 Å². The Labute approximate surface area is 115 Å². The van der Waals surface area contributed by atoms with Gasteiger partial charge < -0.3 is 9.67 Å². The third-order valence-corrected chi connectivity index (χ3v) is 3.58. The molecule has 0 radical (unpaired) electrons. The number of hydrogen-bond donors (Lipinski definition) is 1. The van der Waals surface area contributed by atoms with Gasteiger partial charge in [-0.05, 0) is 13.0 Å². The molecular formula is C15H13N3O2. The number of nitrogens with zero attached hydrogens (tertiary/aromatic N) is 3. The Morgan fingerprint density at radius 1 is 1.30 bits per heavy atom. The molecule has 0 spiro atoms. The van der Waals surface area contributed by atoms with Crippen LogP contribution in [-0.2, 0) is 7.05 Å². The second-order valence-electron chi connectivity index (χ2n) is 4.63. The molecule has 0 saturated carbocycles. The molecule has 0 fully saturated rings. The Morgan fingerprint density at radius 2 is 2.05 bits per heavy atom. The van der Waals surface area contributed by atoms with Crippen molar-refractivity contribution in [2.45, 2.75) is 6.92 Å². The predicted octanol–water partition coefficient (Wildman–Crippen LogP) is 2.64. The lowest BCUT2D eigenvalue weighted by atomic mass is 10.0. The highest BCUT2D eigenvalue weighted by Crippen LogP contribution is 2.34. The number of carboxylic acids is 1. The van der Waals surface area contributed by atoms with Crippen LogP contribution in [0.15, 0.2) is 36.8 Å². The SMILES string of the molecule is Cc1c(-c2ncncc2C(=O)O)c2ccccc2n1C. The number of benzene rings is 1. The van der Waals surface area contributed by atoms with Crippen molar-refractivity contribution in [3.05, 3.63) is 48.0 Å². The maximum absolute atomic E-state index is 11.4. The number of para-hydroxylation sites is 1. The molecule has 0 unspecified atom stereocenters. The summed E-state index contributed by atoms with van der Waals surface area (Å²) in [6, 6.07) is 7.88. The van der Waals surface area contributed by atoms with Gasteiger partial charge in [-0.25, -0.2) is 14.8 Å². The molecule has 1 aromatic carbocycles. The van der Waals surface area contributed by atoms with E-state index in [1.807, 2.05) is 42.8 Å². The summed E-state index contributed by atoms with van der Waals surface area (Å²) in [5.74, 6) is -1.02. The van der Waals surface area contributed by atoms with E-state index in [-0.39, 0.29) is 5.56 Å². The Hall–Kier alpha value is -2.69. The highest BCUT2D eigenvalue weighted by Gasteiger charge is 2.20. The van der Waals surface area contributed by atoms with Gasteiger partial charge >= 0.3 is 5.97 Å². The van der Waals surface area contributed by atoms with Crippen LogP contribution in [0.25, 0.3) is 22.2 Å². The van der Waals surface area contributed by atoms with Gasteiger partial charge in [-0.1, -0.05) is 18.2 Å². The number of carbonyl (C=O) groups is 1. The quantitative estimate of drug-likeness (QED) is 0.775. The molecule has 1 N–H and O–H groups in total. The summed E-state index contributed by atoms with van der Waals surface area (Å²) in [7, 11) is 1.96. The zero-order valence-corrected chi connectivity index (χ0v) is 11.2. The van der Waals surface area contributed by atoms with Crippen LogP contribution in [0.5, 0.6) is 0 Å². The molecule has 2 heterocycles. The van der Waals surface area contributed by atoms with Crippen LogP contribution in [0.4, 0.5) is 0 Å². The molecule has 0 aliphatic heterocycles. The van der Waals surface area contributed by atoms with Gasteiger partial charge in [0.25, 0.3) is 0 Å². The summed E-state index contributed by atoms with van der Waals surface area (Å²) in [6.45, 7) is 1.96. The van der Waals surface area contributed by atoms with Crippen molar-refractivity contribution in [1.29, 1.82) is 0 Å². The van der Waals surface area contributed by atoms with E-state index < -0.39 is 5.97 Å². The van der Waals surface area contributed by atoms with E-state index in [0.717, 1.165) is 22.2 Å². The second kappa shape index (κ2) is 4.45. The van der Waals surface area contributed by atoms with E-state index in [0.29, 0.717) is 5.69 Å². The molecule has 3 rings (SSSR count). The van der Waals surface area contributed by atoms with Gasteiger partial charge in [0.05, 0.1) is 5.69 Å². The first-order valence-electron chi connectivity index (χ1n) is 6.19. The maximum atomic E-state index is 11.4. The van der Waals surface area contributed by atoms with Crippen LogP contribution in [0.1, 0.15) is 16.1 Å². The summed E-state index contributed by atoms with van der Waals surface area (Å²) in [6.07, 6.45) is 2.72. The molecule has 100 valence electrons. The number of hydrogen-bond acceptors (Lipinski definition) is 3. The number of rotatable bonds is 2. The first-order valence-corrected chi connectivity index (χ1v) is 6.19. The van der Waals surface area contributed by atoms with Crippen LogP contribution >= 0.6 is 0 Å². The van der Waals surface area contributed by atoms with Crippen LogP contribution in [-0.4, -0.2) is 25.6 Å². The number of carboxylic acid groups (broad SMARTS) is 1. The second-order valence-corrected chi connectivity index (χ2v) is 4.63. The molecule has 2 aromatic heterocycles. The molecule has 0 bridgehead atoms. The van der Waals surface area contributed by atoms with Crippen molar-refractivity contribution in [2.24, 2.45) is 7.05 Å². The lowest BCUT2D eigenvalue weighted by Crippen LogP contribution is -2.03. The van der Waals surface area contributed by atoms with E-state index in [1.165, 1.54) is 12.5 Å². The van der Waals surface area contributed by atoms with E-state index in [1.54, 1.807) is 0 Å². The standard InChI is InChI=1S/C15H13N3O2/c1-9-13(10-5-3-4-6-12(10)18(9)2)14-11(15(19)20)7-16-8-17-14/h3-8H,1-2H3,(H,19,20). The fourth-order valence-electron chi connectivity index (χ4n) is 2.51. The minimum absolute atomic E-state index is 0.118. The van der Waals surface area contributed by atoms with Gasteiger partial charge in [0.15, 0.2) is 0 Å². The van der Waals surface area contributed by atoms with Crippen molar-refractivity contribution in [1.82, 2.24) is 14.5 Å². The summed E-state index contributed by atoms with van der Waals surface area (Å²) in [5.41, 5.74) is 3.46. The maximum Gasteiger partial charge on any atom is 0.339 e. The predicted molar refractivity (Wildman–Crippen MR) is 75.6 cm³/mol. The molecule has 0 saturated heterocycles. The van der Waals surface area contributed by atoms with Crippen molar-refractivity contribution in [2.75, 3.05) is 0 Å². The highest BCUT2D eigenvalue weighted by molar-refractivity contribution is 6.03. The topological polar surface area (TPSA) is 68.0 Å². The first kappa shape index (κ1) is 12.3. The Bertz CT molecular complexity index is 821. The highest BCUT2D eigenvalue weighted by atomic mass is 16.4. The molecule has 5 heteroatoms. The average Bonchev–Trinajstić information content (AvgIpc) is 2.71. The van der Waals surface area contributed by atoms with Crippen molar-refractivity contribution >= 4 is 16.9 Å². The van der Waals surface area contributed by atoms with Gasteiger partial charge in [-0.2, -0.15) is 0 Å². The lowest BCUT2D eigenvalue weighted by molar-refractivity contribution is 0.0697. The van der Waals surface area contributed by atoms with E-state index in [2.05, 4.69) is 9.97 Å². The fourth-order valence-corrected chi connectivity index (χ4v) is 2.51. The van der Waals surface area contributed by atoms with Gasteiger partial charge in [-0.15, -0.1) is 0 Å². The largest absolute Gasteiger partial charge is 0.478 e. The van der Waals surface area contributed by atoms with E-state index >= 15 is 0 Å². The lowest BCUT2D eigenvalue weighted by Gasteiger charge is -2.05. The summed E-state index contributed by atoms with van der Waals surface area (Å²) in [4.78, 5) is 19.4. The molecule has 0 aliphatic carbocycles. The fraction of sp³-hybridized carbons (Fsp3) is 0.133. The number of aromatic nitrogens is 3. The number of fused-ring (bicyclic) bond motifs is 1. The van der Waals surface area contributed by atoms with Crippen molar-refractivity contribution < 1.29 is 9.90 Å². The zero-order chi connectivity index (χ0) is 14.3. The summed E-state index contributed by atoms with van der Waals surface area (Å²) in [5, 5.41) is 10.3. The van der Waals surface area contributed by atoms with Crippen molar-refractivity contribution in [3.63, 3.8) is 0 Å². The zero-order valence-electron chi connectivity index (χ0n) is 11.2. The summed E-state index contributed by atoms with van der Waals surface area (Å²) < 4.78 is 2.04. The number of aromatic carboxylic acids is 1. The molecule has 0 atom stereocenters. The first-order chi connectivity index (χ1) is 9.61. The third kappa shape index (κ3) is 1.67. The number of aryl methyl sites for hydroxylation is 1. The Balaban J connectivity index is 2.42. The van der Waals surface area contributed by atoms with Crippen LogP contribution in [0.2, 0.25) is 0 Å². The molecular weight excluding hydrogens is 254 g/mol. The molecule has 20 heavy (non-hydrogen) atoms. The Morgan fingerprint density at radius 3 is 2.80 bits per heavy atom. The normalized spacial score (nSPS) is 10.9. The van der Waals surface area contributed by atoms with Gasteiger partial charge in [0.1, 0.15) is 11.9 Å². The molecule has 0 aliphatic rings. The van der Waals surface area contributed by atoms with Crippen LogP contribution in [0, 0.1) is 6.92 Å². The summed E-state index contributed by atoms with van der Waals surface area (Å²) >= 11 is 0. The van der Waals surface area contributed by atoms with E-state index in [4.69, 9.17) is 0 Å². The monoisotopic (exact) mass is 267 g/mol. The smallest absolute Gasteiger partial charge is 0.339 e. The molecule has 0 amide bonds. The minimum Gasteiger partial charge on any atom is -0.478 e. The van der Waals surface area contributed by atoms with E-state index in [9.17, 15) is 9.90 Å². The Kier molecular flexibility index (Phi) is 2.75. The third-order valence-electron chi connectivity index (χ3n) is 3.58. The van der Waals surface area contributed by atoms with Crippen LogP contribution in [0.3, 0.4) is 0 Å². The molecule has 3 aromatic rings. The van der Waals surface area contributed by atoms with Gasteiger partial charge in [-0.3, -0.25) is 0 Å². The molecule has 5 nitrogen and oxygen atoms in total. The average molecular weight is 267 g/mol. The van der Waals surface area contributed by atoms with Crippen LogP contribution < -0.4 is 0 Å². The van der Waals surface area contributed by atoms with Crippen molar-refractivity contribution in [3.8, 4) is 11.3 Å². The van der Waals surface area contributed by atoms with Gasteiger partial charge in [0, 0.05) is 35.4 Å². The minimum atomic E-state index is -1.02.